The lowest BCUT2D eigenvalue weighted by molar-refractivity contribution is -0.659. The van der Waals surface area contributed by atoms with Gasteiger partial charge in [-0.2, -0.15) is 0 Å². The third kappa shape index (κ3) is 22.1. The number of aromatic nitrogens is 9. The van der Waals surface area contributed by atoms with Gasteiger partial charge in [0.25, 0.3) is 0 Å². The van der Waals surface area contributed by atoms with E-state index in [1.165, 1.54) is 103 Å². The first-order valence-electron chi connectivity index (χ1n) is 21.7. The van der Waals surface area contributed by atoms with Crippen LogP contribution in [0.5, 0.6) is 0 Å². The van der Waals surface area contributed by atoms with Gasteiger partial charge in [0.15, 0.2) is 35.7 Å². The molecule has 3 heterocycles. The van der Waals surface area contributed by atoms with Gasteiger partial charge >= 0.3 is 0 Å². The minimum Gasteiger partial charge on any atom is -1.00 e. The van der Waals surface area contributed by atoms with E-state index >= 15 is 0 Å². The van der Waals surface area contributed by atoms with E-state index in [0.717, 1.165) is 59.8 Å². The van der Waals surface area contributed by atoms with E-state index in [2.05, 4.69) is 88.4 Å². The minimum atomic E-state index is 0. The fourth-order valence-electron chi connectivity index (χ4n) is 6.63. The molecule has 59 heavy (non-hydrogen) atoms. The van der Waals surface area contributed by atoms with Crippen LogP contribution in [0.2, 0.25) is 0 Å². The standard InChI is InChI=1S/C22H35N3.C14H19N3.C11H13N3.3BrH/c1-2-3-4-5-6-7-8-9-10-11-12-14-17-21-20-25(24-23-21)22-18-15-13-16-19-22;1-2-3-4-6-9-13-12-17(16-15-13)14-10-7-5-8-11-14;1-2-6-10-9-14(13-12-10)11-7-4-3-5-8-11;;;/h13,15-16,18-20H,2-12,14,17H2,1H3;5,7-8,10-12H,2-4,6,9H2,1H3;3-5,7-9H,2,6H2,1H3;3*1H. The molecule has 6 aromatic rings. The average Bonchev–Trinajstić information content (AvgIpc) is 4.04. The highest BCUT2D eigenvalue weighted by atomic mass is 79.9. The molecular formula is C47H70Br3N9. The molecule has 0 aliphatic carbocycles. The number of rotatable bonds is 23. The molecule has 0 atom stereocenters. The first kappa shape index (κ1) is 53.5. The SMILES string of the molecule is CCCCCCCCCCCCCCc1c[n+](-c2ccccc2)[nH]n1.CCCCCCc1c[n+](-c2ccccc2)[nH]n1.CCCc1c[n+](-c2ccccc2)[nH]n1.[Br-].[Br-].[Br-]. The van der Waals surface area contributed by atoms with Crippen LogP contribution in [0, 0.1) is 0 Å². The van der Waals surface area contributed by atoms with E-state index in [1.807, 2.05) is 87.0 Å². The van der Waals surface area contributed by atoms with Gasteiger partial charge in [-0.25, -0.2) is 0 Å². The van der Waals surface area contributed by atoms with Crippen LogP contribution in [0.25, 0.3) is 17.1 Å². The van der Waals surface area contributed by atoms with Gasteiger partial charge in [-0.15, -0.1) is 14.0 Å². The summed E-state index contributed by atoms with van der Waals surface area (Å²) in [6, 6.07) is 30.7. The fraction of sp³-hybridized carbons (Fsp3) is 0.489. The van der Waals surface area contributed by atoms with Crippen molar-refractivity contribution in [3.05, 3.63) is 127 Å². The quantitative estimate of drug-likeness (QED) is 0.0670. The number of nitrogens with zero attached hydrogens (tertiary/aromatic N) is 6. The van der Waals surface area contributed by atoms with Gasteiger partial charge in [-0.3, -0.25) is 0 Å². The summed E-state index contributed by atoms with van der Waals surface area (Å²) in [4.78, 5) is 0. The van der Waals surface area contributed by atoms with E-state index in [9.17, 15) is 0 Å². The first-order valence-corrected chi connectivity index (χ1v) is 21.7. The highest BCUT2D eigenvalue weighted by molar-refractivity contribution is 5.22. The van der Waals surface area contributed by atoms with Gasteiger partial charge in [0.2, 0.25) is 17.1 Å². The Morgan fingerprint density at radius 3 is 0.915 bits per heavy atom. The van der Waals surface area contributed by atoms with Crippen molar-refractivity contribution in [3.8, 4) is 17.1 Å². The Hall–Kier alpha value is -3.48. The number of hydrogen-bond acceptors (Lipinski definition) is 3. The summed E-state index contributed by atoms with van der Waals surface area (Å²) >= 11 is 0. The molecule has 0 saturated carbocycles. The van der Waals surface area contributed by atoms with Crippen LogP contribution in [0.3, 0.4) is 0 Å². The fourth-order valence-corrected chi connectivity index (χ4v) is 6.63. The van der Waals surface area contributed by atoms with E-state index in [-0.39, 0.29) is 50.9 Å². The lowest BCUT2D eigenvalue weighted by Crippen LogP contribution is -3.00. The van der Waals surface area contributed by atoms with Gasteiger partial charge in [0.05, 0.1) is 0 Å². The predicted molar refractivity (Wildman–Crippen MR) is 227 cm³/mol. The number of nitrogens with one attached hydrogen (secondary N) is 3. The summed E-state index contributed by atoms with van der Waals surface area (Å²) in [7, 11) is 0. The van der Waals surface area contributed by atoms with Gasteiger partial charge in [-0.1, -0.05) is 181 Å². The Balaban J connectivity index is 0.000000450. The van der Waals surface area contributed by atoms with Crippen LogP contribution in [0.15, 0.2) is 110 Å². The molecule has 324 valence electrons. The zero-order valence-corrected chi connectivity index (χ0v) is 40.6. The smallest absolute Gasteiger partial charge is 0.218 e. The summed E-state index contributed by atoms with van der Waals surface area (Å²) in [5.74, 6) is 0. The van der Waals surface area contributed by atoms with Crippen LogP contribution in [0.4, 0.5) is 0 Å². The molecule has 12 heteroatoms. The summed E-state index contributed by atoms with van der Waals surface area (Å²) in [5.41, 5.74) is 6.79. The highest BCUT2D eigenvalue weighted by Crippen LogP contribution is 2.13. The molecule has 3 aromatic carbocycles. The van der Waals surface area contributed by atoms with Gasteiger partial charge < -0.3 is 50.9 Å². The van der Waals surface area contributed by atoms with Crippen LogP contribution < -0.4 is 65.0 Å². The summed E-state index contributed by atoms with van der Waals surface area (Å²) < 4.78 is 5.90. The van der Waals surface area contributed by atoms with Gasteiger partial charge in [0, 0.05) is 34.6 Å². The Labute approximate surface area is 386 Å². The average molecular weight is 1000 g/mol. The Bertz CT molecular complexity index is 1810. The lowest BCUT2D eigenvalue weighted by atomic mass is 10.0. The predicted octanol–water partition coefficient (Wildman–Crippen LogP) is 1.39. The second-order valence-corrected chi connectivity index (χ2v) is 14.8. The molecule has 0 unspecified atom stereocenters. The molecule has 0 spiro atoms. The van der Waals surface area contributed by atoms with Crippen molar-refractivity contribution < 1.29 is 65.0 Å². The molecule has 3 N–H and O–H groups in total. The van der Waals surface area contributed by atoms with Crippen molar-refractivity contribution in [1.82, 2.24) is 30.9 Å². The normalized spacial score (nSPS) is 10.2. The van der Waals surface area contributed by atoms with Crippen molar-refractivity contribution in [2.45, 2.75) is 149 Å². The second-order valence-electron chi connectivity index (χ2n) is 14.8. The van der Waals surface area contributed by atoms with Gasteiger partial charge in [-0.05, 0) is 55.7 Å². The number of para-hydroxylation sites is 3. The van der Waals surface area contributed by atoms with Crippen molar-refractivity contribution in [3.63, 3.8) is 0 Å². The highest BCUT2D eigenvalue weighted by Gasteiger charge is 2.12. The number of hydrogen-bond donors (Lipinski definition) is 3. The number of unbranched alkanes of at least 4 members (excludes halogenated alkanes) is 14. The Morgan fingerprint density at radius 2 is 0.610 bits per heavy atom. The number of aryl methyl sites for hydroxylation is 3. The third-order valence-electron chi connectivity index (χ3n) is 9.92. The maximum atomic E-state index is 4.42. The maximum Gasteiger partial charge on any atom is 0.218 e. The van der Waals surface area contributed by atoms with Crippen molar-refractivity contribution in [2.75, 3.05) is 0 Å². The van der Waals surface area contributed by atoms with Crippen LogP contribution in [0.1, 0.15) is 147 Å². The van der Waals surface area contributed by atoms with E-state index in [4.69, 9.17) is 0 Å². The first-order chi connectivity index (χ1) is 27.7. The van der Waals surface area contributed by atoms with Crippen LogP contribution in [-0.2, 0) is 19.3 Å². The van der Waals surface area contributed by atoms with Crippen LogP contribution in [-0.4, -0.2) is 30.9 Å². The molecule has 6 rings (SSSR count). The van der Waals surface area contributed by atoms with E-state index in [0.29, 0.717) is 0 Å². The molecule has 0 amide bonds. The van der Waals surface area contributed by atoms with Crippen molar-refractivity contribution >= 4 is 0 Å². The number of benzene rings is 3. The molecule has 0 radical (unpaired) electrons. The minimum absolute atomic E-state index is 0. The van der Waals surface area contributed by atoms with Crippen molar-refractivity contribution in [1.29, 1.82) is 0 Å². The molecule has 3 aromatic heterocycles. The Morgan fingerprint density at radius 1 is 0.339 bits per heavy atom. The zero-order valence-electron chi connectivity index (χ0n) is 35.9. The molecule has 0 saturated heterocycles. The third-order valence-corrected chi connectivity index (χ3v) is 9.92. The van der Waals surface area contributed by atoms with Crippen LogP contribution >= 0.6 is 0 Å². The molecule has 0 bridgehead atoms. The van der Waals surface area contributed by atoms with E-state index < -0.39 is 0 Å². The molecule has 0 fully saturated rings. The summed E-state index contributed by atoms with van der Waals surface area (Å²) in [6.07, 6.45) is 32.4. The molecule has 9 nitrogen and oxygen atoms in total. The number of halogens is 3. The summed E-state index contributed by atoms with van der Waals surface area (Å²) in [5, 5.41) is 22.1. The van der Waals surface area contributed by atoms with E-state index in [1.54, 1.807) is 0 Å². The monoisotopic (exact) mass is 997 g/mol. The molecule has 0 aliphatic rings. The molecular weight excluding hydrogens is 930 g/mol. The zero-order chi connectivity index (χ0) is 39.3. The maximum absolute atomic E-state index is 4.42. The van der Waals surface area contributed by atoms with Crippen molar-refractivity contribution in [2.24, 2.45) is 0 Å². The Kier molecular flexibility index (Phi) is 31.1. The number of H-pyrrole nitrogens is 3. The largest absolute Gasteiger partial charge is 1.00 e. The lowest BCUT2D eigenvalue weighted by Gasteiger charge is -2.02. The van der Waals surface area contributed by atoms with Gasteiger partial charge in [0.1, 0.15) is 0 Å². The summed E-state index contributed by atoms with van der Waals surface area (Å²) in [6.45, 7) is 6.67. The topological polar surface area (TPSA) is 97.7 Å². The number of aromatic amines is 3. The second kappa shape index (κ2) is 34.3. The molecule has 0 aliphatic heterocycles.